The zero-order chi connectivity index (χ0) is 12.3. The number of nitrogens with zero attached hydrogens (tertiary/aromatic N) is 1. The molecular weight excluding hydrogens is 234 g/mol. The van der Waals surface area contributed by atoms with Gasteiger partial charge in [-0.2, -0.15) is 5.10 Å². The molecule has 0 fully saturated rings. The number of hydrogen-bond acceptors (Lipinski definition) is 2. The van der Waals surface area contributed by atoms with Gasteiger partial charge in [0.1, 0.15) is 0 Å². The summed E-state index contributed by atoms with van der Waals surface area (Å²) in [5, 5.41) is 11.2. The number of hydrogen-bond donors (Lipinski definition) is 2. The minimum atomic E-state index is 0.220. The van der Waals surface area contributed by atoms with Gasteiger partial charge in [-0.3, -0.25) is 5.10 Å². The number of H-pyrrole nitrogens is 1. The smallest absolute Gasteiger partial charge is 0.0535 e. The zero-order valence-corrected chi connectivity index (χ0v) is 10.8. The van der Waals surface area contributed by atoms with Crippen LogP contribution in [0.4, 0.5) is 0 Å². The first-order valence-corrected chi connectivity index (χ1v) is 6.03. The summed E-state index contributed by atoms with van der Waals surface area (Å²) in [5.74, 6) is 0. The first-order valence-electron chi connectivity index (χ1n) is 5.65. The largest absolute Gasteiger partial charge is 0.306 e. The molecule has 0 saturated heterocycles. The van der Waals surface area contributed by atoms with E-state index in [0.717, 1.165) is 22.8 Å². The highest BCUT2D eigenvalue weighted by molar-refractivity contribution is 6.31. The fourth-order valence-electron chi connectivity index (χ4n) is 1.75. The van der Waals surface area contributed by atoms with Gasteiger partial charge < -0.3 is 5.32 Å². The molecule has 4 heteroatoms. The van der Waals surface area contributed by atoms with Crippen LogP contribution in [0.3, 0.4) is 0 Å². The summed E-state index contributed by atoms with van der Waals surface area (Å²) in [6.45, 7) is 4.91. The van der Waals surface area contributed by atoms with E-state index in [-0.39, 0.29) is 6.04 Å². The van der Waals surface area contributed by atoms with Crippen molar-refractivity contribution >= 4 is 11.6 Å². The molecule has 3 nitrogen and oxygen atoms in total. The highest BCUT2D eigenvalue weighted by Gasteiger charge is 2.09. The van der Waals surface area contributed by atoms with Crippen molar-refractivity contribution in [2.45, 2.75) is 26.4 Å². The number of rotatable bonds is 4. The van der Waals surface area contributed by atoms with Gasteiger partial charge in [0.25, 0.3) is 0 Å². The molecule has 1 atom stereocenters. The van der Waals surface area contributed by atoms with Gasteiger partial charge in [0.2, 0.25) is 0 Å². The van der Waals surface area contributed by atoms with Crippen molar-refractivity contribution in [3.63, 3.8) is 0 Å². The topological polar surface area (TPSA) is 40.7 Å². The Morgan fingerprint density at radius 2 is 2.18 bits per heavy atom. The van der Waals surface area contributed by atoms with Crippen LogP contribution in [0.1, 0.15) is 29.8 Å². The monoisotopic (exact) mass is 249 g/mol. The second-order valence-electron chi connectivity index (χ2n) is 4.14. The molecule has 0 aliphatic heterocycles. The molecule has 1 heterocycles. The van der Waals surface area contributed by atoms with Gasteiger partial charge >= 0.3 is 0 Å². The third-order valence-electron chi connectivity index (χ3n) is 2.90. The Bertz CT molecular complexity index is 493. The Labute approximate surface area is 106 Å². The quantitative estimate of drug-likeness (QED) is 0.874. The number of aromatic nitrogens is 2. The van der Waals surface area contributed by atoms with Crippen molar-refractivity contribution in [3.05, 3.63) is 52.3 Å². The van der Waals surface area contributed by atoms with E-state index in [2.05, 4.69) is 22.4 Å². The molecular formula is C13H16ClN3. The molecule has 0 aliphatic rings. The van der Waals surface area contributed by atoms with Crippen LogP contribution in [0.2, 0.25) is 5.02 Å². The Morgan fingerprint density at radius 1 is 1.41 bits per heavy atom. The first kappa shape index (κ1) is 12.1. The van der Waals surface area contributed by atoms with Gasteiger partial charge in [0.15, 0.2) is 0 Å². The molecule has 0 spiro atoms. The van der Waals surface area contributed by atoms with Gasteiger partial charge in [0, 0.05) is 28.9 Å². The molecule has 0 unspecified atom stereocenters. The Kier molecular flexibility index (Phi) is 3.82. The number of benzene rings is 1. The lowest BCUT2D eigenvalue weighted by Gasteiger charge is -2.15. The summed E-state index contributed by atoms with van der Waals surface area (Å²) in [4.78, 5) is 0. The molecule has 2 N–H and O–H groups in total. The predicted octanol–water partition coefficient (Wildman–Crippen LogP) is 3.22. The Hall–Kier alpha value is -1.32. The van der Waals surface area contributed by atoms with E-state index in [1.165, 1.54) is 5.56 Å². The van der Waals surface area contributed by atoms with E-state index in [9.17, 15) is 0 Å². The van der Waals surface area contributed by atoms with Crippen LogP contribution >= 0.6 is 11.6 Å². The molecule has 90 valence electrons. The van der Waals surface area contributed by atoms with E-state index in [1.54, 1.807) is 0 Å². The molecule has 2 aromatic rings. The summed E-state index contributed by atoms with van der Waals surface area (Å²) in [5.41, 5.74) is 3.41. The maximum atomic E-state index is 6.15. The first-order chi connectivity index (χ1) is 8.18. The highest BCUT2D eigenvalue weighted by Crippen LogP contribution is 2.22. The number of halogens is 1. The third kappa shape index (κ3) is 2.87. The molecule has 1 aromatic heterocycles. The standard InChI is InChI=1S/C13H16ClN3/c1-9-11(8-16-17-9)7-15-10(2)12-5-3-4-6-13(12)14/h3-6,8,10,15H,7H2,1-2H3,(H,16,17)/t10-/m0/s1. The summed E-state index contributed by atoms with van der Waals surface area (Å²) < 4.78 is 0. The molecule has 0 aliphatic carbocycles. The van der Waals surface area contributed by atoms with Crippen LogP contribution in [0, 0.1) is 6.92 Å². The number of aromatic amines is 1. The lowest BCUT2D eigenvalue weighted by atomic mass is 10.1. The van der Waals surface area contributed by atoms with Crippen LogP contribution in [0.5, 0.6) is 0 Å². The van der Waals surface area contributed by atoms with E-state index in [0.29, 0.717) is 0 Å². The SMILES string of the molecule is Cc1[nH]ncc1CN[C@@H](C)c1ccccc1Cl. The van der Waals surface area contributed by atoms with Crippen LogP contribution in [0.15, 0.2) is 30.5 Å². The normalized spacial score (nSPS) is 12.6. The lowest BCUT2D eigenvalue weighted by molar-refractivity contribution is 0.573. The number of nitrogens with one attached hydrogen (secondary N) is 2. The van der Waals surface area contributed by atoms with E-state index in [1.807, 2.05) is 37.4 Å². The predicted molar refractivity (Wildman–Crippen MR) is 70.0 cm³/mol. The molecule has 17 heavy (non-hydrogen) atoms. The zero-order valence-electron chi connectivity index (χ0n) is 10.00. The lowest BCUT2D eigenvalue weighted by Crippen LogP contribution is -2.18. The third-order valence-corrected chi connectivity index (χ3v) is 3.25. The molecule has 0 amide bonds. The average Bonchev–Trinajstić information content (AvgIpc) is 2.72. The highest BCUT2D eigenvalue weighted by atomic mass is 35.5. The fraction of sp³-hybridized carbons (Fsp3) is 0.308. The molecule has 2 rings (SSSR count). The van der Waals surface area contributed by atoms with Crippen LogP contribution in [-0.2, 0) is 6.54 Å². The molecule has 0 saturated carbocycles. The van der Waals surface area contributed by atoms with Crippen LogP contribution in [0.25, 0.3) is 0 Å². The van der Waals surface area contributed by atoms with Crippen LogP contribution in [-0.4, -0.2) is 10.2 Å². The average molecular weight is 250 g/mol. The maximum absolute atomic E-state index is 6.15. The van der Waals surface area contributed by atoms with Gasteiger partial charge in [-0.15, -0.1) is 0 Å². The van der Waals surface area contributed by atoms with Crippen molar-refractivity contribution in [3.8, 4) is 0 Å². The summed E-state index contributed by atoms with van der Waals surface area (Å²) in [7, 11) is 0. The van der Waals surface area contributed by atoms with Crippen molar-refractivity contribution in [1.82, 2.24) is 15.5 Å². The molecule has 0 radical (unpaired) electrons. The minimum absolute atomic E-state index is 0.220. The van der Waals surface area contributed by atoms with Gasteiger partial charge in [-0.1, -0.05) is 29.8 Å². The van der Waals surface area contributed by atoms with Crippen molar-refractivity contribution < 1.29 is 0 Å². The van der Waals surface area contributed by atoms with Crippen molar-refractivity contribution in [1.29, 1.82) is 0 Å². The van der Waals surface area contributed by atoms with Gasteiger partial charge in [-0.05, 0) is 25.5 Å². The van der Waals surface area contributed by atoms with Crippen molar-refractivity contribution in [2.24, 2.45) is 0 Å². The molecule has 0 bridgehead atoms. The van der Waals surface area contributed by atoms with Crippen LogP contribution < -0.4 is 5.32 Å². The fourth-order valence-corrected chi connectivity index (χ4v) is 2.05. The Morgan fingerprint density at radius 3 is 2.82 bits per heavy atom. The van der Waals surface area contributed by atoms with Crippen molar-refractivity contribution in [2.75, 3.05) is 0 Å². The van der Waals surface area contributed by atoms with Gasteiger partial charge in [-0.25, -0.2) is 0 Å². The second-order valence-corrected chi connectivity index (χ2v) is 4.55. The number of aryl methyl sites for hydroxylation is 1. The molecule has 1 aromatic carbocycles. The Balaban J connectivity index is 2.01. The maximum Gasteiger partial charge on any atom is 0.0535 e. The van der Waals surface area contributed by atoms with E-state index < -0.39 is 0 Å². The summed E-state index contributed by atoms with van der Waals surface area (Å²) in [6, 6.07) is 8.12. The minimum Gasteiger partial charge on any atom is -0.306 e. The second kappa shape index (κ2) is 5.34. The summed E-state index contributed by atoms with van der Waals surface area (Å²) >= 11 is 6.15. The van der Waals surface area contributed by atoms with Gasteiger partial charge in [0.05, 0.1) is 6.20 Å². The van der Waals surface area contributed by atoms with E-state index in [4.69, 9.17) is 11.6 Å². The summed E-state index contributed by atoms with van der Waals surface area (Å²) in [6.07, 6.45) is 1.85. The van der Waals surface area contributed by atoms with E-state index >= 15 is 0 Å².